The Labute approximate surface area is 79.1 Å². The monoisotopic (exact) mass is 196 g/mol. The second-order valence-corrected chi connectivity index (χ2v) is 2.71. The van der Waals surface area contributed by atoms with E-state index in [4.69, 9.17) is 5.73 Å². The number of nitro groups is 1. The van der Waals surface area contributed by atoms with Gasteiger partial charge in [0.1, 0.15) is 0 Å². The number of aromatic hydroxyl groups is 1. The summed E-state index contributed by atoms with van der Waals surface area (Å²) in [5.41, 5.74) is 4.46. The first kappa shape index (κ1) is 9.97. The summed E-state index contributed by atoms with van der Waals surface area (Å²) in [7, 11) is 0. The molecule has 0 saturated heterocycles. The summed E-state index contributed by atoms with van der Waals surface area (Å²) in [5.74, 6) is -0.934. The number of Topliss-reactive ketones (excluding diaryl/α,β-unsaturated/α-hetero) is 1. The summed E-state index contributed by atoms with van der Waals surface area (Å²) in [5, 5.41) is 19.7. The first-order chi connectivity index (χ1) is 6.45. The summed E-state index contributed by atoms with van der Waals surface area (Å²) in [4.78, 5) is 20.6. The molecule has 0 spiro atoms. The smallest absolute Gasteiger partial charge is 0.295 e. The van der Waals surface area contributed by atoms with Crippen LogP contribution in [0.15, 0.2) is 12.1 Å². The van der Waals surface area contributed by atoms with E-state index in [1.807, 2.05) is 0 Å². The SMILES string of the molecule is CC(=O)c1ccc([N+](=O)[O-])c(N)c1O. The van der Waals surface area contributed by atoms with Crippen LogP contribution in [0.1, 0.15) is 17.3 Å². The number of anilines is 1. The fraction of sp³-hybridized carbons (Fsp3) is 0.125. The zero-order chi connectivity index (χ0) is 10.9. The van der Waals surface area contributed by atoms with E-state index < -0.39 is 22.1 Å². The fourth-order valence-electron chi connectivity index (χ4n) is 1.04. The van der Waals surface area contributed by atoms with E-state index in [0.717, 1.165) is 6.07 Å². The van der Waals surface area contributed by atoms with Crippen molar-refractivity contribution in [2.24, 2.45) is 0 Å². The molecule has 0 atom stereocenters. The number of ketones is 1. The van der Waals surface area contributed by atoms with E-state index >= 15 is 0 Å². The quantitative estimate of drug-likeness (QED) is 0.242. The molecule has 0 saturated carbocycles. The molecule has 0 aliphatic rings. The zero-order valence-electron chi connectivity index (χ0n) is 7.35. The number of hydrogen-bond acceptors (Lipinski definition) is 5. The van der Waals surface area contributed by atoms with Crippen LogP contribution >= 0.6 is 0 Å². The van der Waals surface area contributed by atoms with Gasteiger partial charge in [-0.25, -0.2) is 0 Å². The molecule has 0 aromatic heterocycles. The first-order valence-electron chi connectivity index (χ1n) is 3.72. The van der Waals surface area contributed by atoms with Crippen molar-refractivity contribution in [1.82, 2.24) is 0 Å². The van der Waals surface area contributed by atoms with Gasteiger partial charge < -0.3 is 10.8 Å². The predicted octanol–water partition coefficient (Wildman–Crippen LogP) is 1.09. The Hall–Kier alpha value is -2.11. The summed E-state index contributed by atoms with van der Waals surface area (Å²) in [6.45, 7) is 1.24. The van der Waals surface area contributed by atoms with E-state index in [-0.39, 0.29) is 11.3 Å². The van der Waals surface area contributed by atoms with Crippen LogP contribution in [0.3, 0.4) is 0 Å². The Morgan fingerprint density at radius 2 is 2.14 bits per heavy atom. The molecule has 0 aliphatic carbocycles. The van der Waals surface area contributed by atoms with E-state index in [1.54, 1.807) is 0 Å². The average molecular weight is 196 g/mol. The number of nitrogen functional groups attached to an aromatic ring is 1. The molecule has 6 nitrogen and oxygen atoms in total. The number of rotatable bonds is 2. The molecular formula is C8H8N2O4. The zero-order valence-corrected chi connectivity index (χ0v) is 7.35. The van der Waals surface area contributed by atoms with Crippen molar-refractivity contribution in [3.8, 4) is 5.75 Å². The molecule has 1 rings (SSSR count). The molecule has 0 heterocycles. The highest BCUT2D eigenvalue weighted by atomic mass is 16.6. The van der Waals surface area contributed by atoms with Crippen LogP contribution in [0.4, 0.5) is 11.4 Å². The molecule has 0 bridgehead atoms. The lowest BCUT2D eigenvalue weighted by Crippen LogP contribution is -2.00. The molecule has 74 valence electrons. The van der Waals surface area contributed by atoms with Gasteiger partial charge in [0, 0.05) is 6.07 Å². The maximum atomic E-state index is 10.9. The predicted molar refractivity (Wildman–Crippen MR) is 49.2 cm³/mol. The van der Waals surface area contributed by atoms with Gasteiger partial charge >= 0.3 is 0 Å². The summed E-state index contributed by atoms with van der Waals surface area (Å²) < 4.78 is 0. The molecule has 0 radical (unpaired) electrons. The Morgan fingerprint density at radius 1 is 1.57 bits per heavy atom. The molecule has 6 heteroatoms. The lowest BCUT2D eigenvalue weighted by Gasteiger charge is -2.03. The van der Waals surface area contributed by atoms with Gasteiger partial charge in [-0.15, -0.1) is 0 Å². The highest BCUT2D eigenvalue weighted by molar-refractivity contribution is 5.99. The van der Waals surface area contributed by atoms with E-state index in [9.17, 15) is 20.0 Å². The maximum absolute atomic E-state index is 10.9. The molecule has 0 aliphatic heterocycles. The average Bonchev–Trinajstić information content (AvgIpc) is 2.08. The van der Waals surface area contributed by atoms with Crippen molar-refractivity contribution >= 4 is 17.2 Å². The third-order valence-electron chi connectivity index (χ3n) is 1.77. The number of carbonyl (C=O) groups excluding carboxylic acids is 1. The normalized spacial score (nSPS) is 9.79. The van der Waals surface area contributed by atoms with Crippen LogP contribution in [0.25, 0.3) is 0 Å². The maximum Gasteiger partial charge on any atom is 0.295 e. The van der Waals surface area contributed by atoms with Crippen molar-refractivity contribution in [3.05, 3.63) is 27.8 Å². The van der Waals surface area contributed by atoms with Gasteiger partial charge in [-0.1, -0.05) is 0 Å². The van der Waals surface area contributed by atoms with Gasteiger partial charge in [0.2, 0.25) is 0 Å². The number of benzene rings is 1. The molecule has 1 aromatic rings. The molecule has 0 fully saturated rings. The highest BCUT2D eigenvalue weighted by Crippen LogP contribution is 2.33. The van der Waals surface area contributed by atoms with Gasteiger partial charge in [0.15, 0.2) is 17.2 Å². The molecule has 3 N–H and O–H groups in total. The van der Waals surface area contributed by atoms with Crippen LogP contribution in [0, 0.1) is 10.1 Å². The second kappa shape index (κ2) is 3.33. The molecule has 0 unspecified atom stereocenters. The van der Waals surface area contributed by atoms with E-state index in [1.165, 1.54) is 13.0 Å². The minimum Gasteiger partial charge on any atom is -0.505 e. The largest absolute Gasteiger partial charge is 0.505 e. The Balaban J connectivity index is 3.41. The van der Waals surface area contributed by atoms with Crippen LogP contribution in [0.5, 0.6) is 5.75 Å². The van der Waals surface area contributed by atoms with Crippen LogP contribution in [-0.4, -0.2) is 15.8 Å². The standard InChI is InChI=1S/C8H8N2O4/c1-4(11)5-2-3-6(10(13)14)7(9)8(5)12/h2-3,12H,9H2,1H3. The van der Waals surface area contributed by atoms with Crippen LogP contribution in [0.2, 0.25) is 0 Å². The Morgan fingerprint density at radius 3 is 2.57 bits per heavy atom. The summed E-state index contributed by atoms with van der Waals surface area (Å²) in [6.07, 6.45) is 0. The van der Waals surface area contributed by atoms with E-state index in [2.05, 4.69) is 0 Å². The van der Waals surface area contributed by atoms with Gasteiger partial charge in [0.25, 0.3) is 5.69 Å². The minimum absolute atomic E-state index is 0.0203. The Bertz CT molecular complexity index is 375. The topological polar surface area (TPSA) is 106 Å². The van der Waals surface area contributed by atoms with Crippen molar-refractivity contribution in [1.29, 1.82) is 0 Å². The lowest BCUT2D eigenvalue weighted by molar-refractivity contribution is -0.384. The first-order valence-corrected chi connectivity index (χ1v) is 3.72. The van der Waals surface area contributed by atoms with Crippen molar-refractivity contribution in [2.75, 3.05) is 5.73 Å². The van der Waals surface area contributed by atoms with Crippen LogP contribution < -0.4 is 5.73 Å². The van der Waals surface area contributed by atoms with Crippen molar-refractivity contribution in [2.45, 2.75) is 6.92 Å². The van der Waals surface area contributed by atoms with Gasteiger partial charge in [0.05, 0.1) is 10.5 Å². The van der Waals surface area contributed by atoms with Crippen LogP contribution in [-0.2, 0) is 0 Å². The highest BCUT2D eigenvalue weighted by Gasteiger charge is 2.19. The number of nitrogens with two attached hydrogens (primary N) is 1. The number of nitro benzene ring substituents is 1. The molecular weight excluding hydrogens is 188 g/mol. The molecule has 0 amide bonds. The molecule has 1 aromatic carbocycles. The summed E-state index contributed by atoms with van der Waals surface area (Å²) in [6, 6.07) is 2.26. The van der Waals surface area contributed by atoms with E-state index in [0.29, 0.717) is 0 Å². The summed E-state index contributed by atoms with van der Waals surface area (Å²) >= 11 is 0. The third kappa shape index (κ3) is 1.49. The van der Waals surface area contributed by atoms with Gasteiger partial charge in [-0.2, -0.15) is 0 Å². The minimum atomic E-state index is -0.723. The lowest BCUT2D eigenvalue weighted by atomic mass is 10.1. The number of hydrogen-bond donors (Lipinski definition) is 2. The fourth-order valence-corrected chi connectivity index (χ4v) is 1.04. The Kier molecular flexibility index (Phi) is 2.37. The number of phenolic OH excluding ortho intramolecular Hbond substituents is 1. The second-order valence-electron chi connectivity index (χ2n) is 2.71. The number of nitrogens with zero attached hydrogens (tertiary/aromatic N) is 1. The van der Waals surface area contributed by atoms with Crippen molar-refractivity contribution < 1.29 is 14.8 Å². The van der Waals surface area contributed by atoms with Crippen molar-refractivity contribution in [3.63, 3.8) is 0 Å². The van der Waals surface area contributed by atoms with Gasteiger partial charge in [-0.3, -0.25) is 14.9 Å². The number of phenols is 1. The third-order valence-corrected chi connectivity index (χ3v) is 1.77. The molecule has 14 heavy (non-hydrogen) atoms. The van der Waals surface area contributed by atoms with Gasteiger partial charge in [-0.05, 0) is 13.0 Å². The number of carbonyl (C=O) groups is 1.